The van der Waals surface area contributed by atoms with Gasteiger partial charge < -0.3 is 47.4 Å². The maximum absolute atomic E-state index is 14.2. The van der Waals surface area contributed by atoms with Gasteiger partial charge >= 0.3 is 59.7 Å². The Hall–Kier alpha value is -8.74. The van der Waals surface area contributed by atoms with Crippen LogP contribution in [0.5, 0.6) is 23.0 Å². The van der Waals surface area contributed by atoms with Crippen LogP contribution >= 0.6 is 23.5 Å². The van der Waals surface area contributed by atoms with Gasteiger partial charge in [-0.2, -0.15) is 0 Å². The maximum atomic E-state index is 14.2. The van der Waals surface area contributed by atoms with Crippen LogP contribution in [0.3, 0.4) is 0 Å². The van der Waals surface area contributed by atoms with E-state index in [1.807, 2.05) is 26.8 Å². The fourth-order valence-corrected chi connectivity index (χ4v) is 12.3. The van der Waals surface area contributed by atoms with E-state index in [0.29, 0.717) is 95.3 Å². The van der Waals surface area contributed by atoms with Crippen LogP contribution in [-0.4, -0.2) is 99.3 Å². The van der Waals surface area contributed by atoms with E-state index < -0.39 is 99.6 Å². The number of fused-ring (bicyclic) bond motifs is 1. The summed E-state index contributed by atoms with van der Waals surface area (Å²) in [5.74, 6) is -6.50. The van der Waals surface area contributed by atoms with Gasteiger partial charge in [-0.25, -0.2) is 19.7 Å². The molecule has 0 saturated heterocycles. The van der Waals surface area contributed by atoms with Gasteiger partial charge in [-0.15, -0.1) is 0 Å². The molecule has 3 aromatic carbocycles. The van der Waals surface area contributed by atoms with Crippen molar-refractivity contribution in [3.63, 3.8) is 0 Å². The van der Waals surface area contributed by atoms with Crippen molar-refractivity contribution in [3.8, 4) is 29.1 Å². The molecule has 6 rings (SSSR count). The topological polar surface area (TPSA) is 291 Å². The summed E-state index contributed by atoms with van der Waals surface area (Å²) < 4.78 is 55.4. The maximum Gasteiger partial charge on any atom is 0.330 e. The van der Waals surface area contributed by atoms with Crippen molar-refractivity contribution >= 4 is 83.2 Å². The van der Waals surface area contributed by atoms with E-state index in [4.69, 9.17) is 53.9 Å². The lowest BCUT2D eigenvalue weighted by molar-refractivity contribution is -0.154. The van der Waals surface area contributed by atoms with E-state index in [0.717, 1.165) is 46.8 Å². The Morgan fingerprint density at radius 1 is 0.521 bits per heavy atom. The highest BCUT2D eigenvalue weighted by Gasteiger charge is 2.40. The number of thioether (sulfide) groups is 2. The Labute approximate surface area is 555 Å². The number of allylic oxidation sites excluding steroid dienone is 1. The molecule has 2 saturated carbocycles. The average Bonchev–Trinajstić information content (AvgIpc) is 1.52. The summed E-state index contributed by atoms with van der Waals surface area (Å²) >= 11 is 2.16. The Bertz CT molecular complexity index is 3410. The van der Waals surface area contributed by atoms with Crippen molar-refractivity contribution in [1.29, 1.82) is 5.26 Å². The van der Waals surface area contributed by atoms with Crippen molar-refractivity contribution in [2.45, 2.75) is 154 Å². The number of carbonyl (C=O) groups excluding carboxylic acids is 10. The van der Waals surface area contributed by atoms with Crippen LogP contribution in [0.2, 0.25) is 0 Å². The van der Waals surface area contributed by atoms with E-state index in [2.05, 4.69) is 18.0 Å². The molecule has 3 aromatic rings. The van der Waals surface area contributed by atoms with Gasteiger partial charge in [0.2, 0.25) is 0 Å². The number of benzene rings is 3. The number of esters is 10. The van der Waals surface area contributed by atoms with E-state index in [-0.39, 0.29) is 82.5 Å². The van der Waals surface area contributed by atoms with Crippen LogP contribution in [0.25, 0.3) is 4.85 Å². The Morgan fingerprint density at radius 3 is 1.23 bits per heavy atom. The van der Waals surface area contributed by atoms with Crippen molar-refractivity contribution in [3.05, 3.63) is 118 Å². The van der Waals surface area contributed by atoms with E-state index in [1.54, 1.807) is 82.3 Å². The van der Waals surface area contributed by atoms with Crippen LogP contribution in [0.15, 0.2) is 99.6 Å². The predicted molar refractivity (Wildman–Crippen MR) is 342 cm³/mol. The normalized spacial score (nSPS) is 17.4. The first-order valence-corrected chi connectivity index (χ1v) is 32.6. The molecule has 0 spiro atoms. The lowest BCUT2D eigenvalue weighted by Crippen LogP contribution is -2.31. The molecule has 2 fully saturated rings. The minimum Gasteiger partial charge on any atom is -0.465 e. The molecule has 0 amide bonds. The Kier molecular flexibility index (Phi) is 27.6. The van der Waals surface area contributed by atoms with Crippen LogP contribution < -0.4 is 18.9 Å². The van der Waals surface area contributed by atoms with Crippen LogP contribution in [0.4, 0.5) is 0 Å². The largest absolute Gasteiger partial charge is 0.465 e. The smallest absolute Gasteiger partial charge is 0.330 e. The fraction of sp³-hybridized carbons (Fsp3) is 0.486. The third kappa shape index (κ3) is 23.4. The number of nitrogens with zero attached hydrogens (tertiary/aromatic N) is 2. The van der Waals surface area contributed by atoms with Gasteiger partial charge in [-0.1, -0.05) is 109 Å². The van der Waals surface area contributed by atoms with Gasteiger partial charge in [0, 0.05) is 41.4 Å². The number of ether oxygens (including phenoxy) is 10. The SMILES string of the molecule is [C-]#[N+]/C(C#N)=C1\Sc2c(OC(=O)C3CCC(C(=O)Oc4ccc(CCOC(=O)CCC(=O)OCC(C)(C)COC(=O)C=C)cc4)CC3)cc(C(C)(C)C)c(OC(=O)C3CCC(C(=O)Oc4ccc(CCOC(=O)CCC(=O)OCC(C)(C)COC(=O)C=C)cc4)CC3)c2S1. The minimum atomic E-state index is -0.680. The third-order valence-corrected chi connectivity index (χ3v) is 18.0. The molecule has 0 N–H and O–H groups in total. The van der Waals surface area contributed by atoms with Gasteiger partial charge in [0.15, 0.2) is 0 Å². The third-order valence-electron chi connectivity index (χ3n) is 15.4. The number of hydrogen-bond acceptors (Lipinski definition) is 23. The summed E-state index contributed by atoms with van der Waals surface area (Å²) in [5.41, 5.74) is 0.0278. The molecule has 0 bridgehead atoms. The zero-order valence-corrected chi connectivity index (χ0v) is 55.7. The molecule has 2 aliphatic carbocycles. The Balaban J connectivity index is 0.948. The first kappa shape index (κ1) is 74.3. The highest BCUT2D eigenvalue weighted by atomic mass is 32.2. The van der Waals surface area contributed by atoms with E-state index in [1.165, 1.54) is 0 Å². The first-order chi connectivity index (χ1) is 44.6. The number of rotatable bonds is 30. The number of nitriles is 1. The van der Waals surface area contributed by atoms with Gasteiger partial charge in [0.05, 0.1) is 116 Å². The van der Waals surface area contributed by atoms with Crippen molar-refractivity contribution < 1.29 is 95.3 Å². The van der Waals surface area contributed by atoms with Crippen LogP contribution in [0, 0.1) is 52.4 Å². The summed E-state index contributed by atoms with van der Waals surface area (Å²) in [4.78, 5) is 131. The van der Waals surface area contributed by atoms with E-state index in [9.17, 15) is 53.2 Å². The standard InChI is InChI=1S/C70H80N2O20S2/c1-11-54(73)85-39-69(6,7)41-87-58(77)31-29-56(75)83-35-33-43-13-25-49(26-14-43)89-63(79)45-17-21-47(22-18-45)65(81)91-53-37-51(68(3,4)5)60(62-61(53)93-67(94-62)52(38-71)72-10)92-66(82)48-23-19-46(20-24-48)64(80)90-50-27-15-44(16-28-50)34-36-84-57(76)30-32-59(78)88-42-70(8,9)40-86-55(74)12-2/h11-16,25-28,37,45-48H,1-2,17-24,29-36,39-42H2,3-9H3/b67-52+. The van der Waals surface area contributed by atoms with Gasteiger partial charge in [-0.3, -0.25) is 38.4 Å². The van der Waals surface area contributed by atoms with Gasteiger partial charge in [0.25, 0.3) is 5.70 Å². The highest BCUT2D eigenvalue weighted by molar-refractivity contribution is 8.24. The predicted octanol–water partition coefficient (Wildman–Crippen LogP) is 11.8. The highest BCUT2D eigenvalue weighted by Crippen LogP contribution is 2.61. The lowest BCUT2D eigenvalue weighted by atomic mass is 9.82. The molecular weight excluding hydrogens is 1250 g/mol. The molecule has 94 heavy (non-hydrogen) atoms. The second-order valence-corrected chi connectivity index (χ2v) is 27.8. The molecule has 0 atom stereocenters. The second kappa shape index (κ2) is 35.0. The summed E-state index contributed by atoms with van der Waals surface area (Å²) in [6.07, 6.45) is 4.86. The van der Waals surface area contributed by atoms with Gasteiger partial charge in [-0.05, 0) is 98.2 Å². The molecule has 0 aromatic heterocycles. The summed E-state index contributed by atoms with van der Waals surface area (Å²) in [6.45, 7) is 27.3. The zero-order valence-electron chi connectivity index (χ0n) is 54.1. The molecule has 502 valence electrons. The van der Waals surface area contributed by atoms with Crippen molar-refractivity contribution in [2.75, 3.05) is 39.6 Å². The van der Waals surface area contributed by atoms with Crippen LogP contribution in [-0.2, 0) is 94.6 Å². The molecular formula is C70H80N2O20S2. The lowest BCUT2D eigenvalue weighted by Gasteiger charge is -2.29. The summed E-state index contributed by atoms with van der Waals surface area (Å²) in [7, 11) is 0. The molecule has 3 aliphatic rings. The van der Waals surface area contributed by atoms with Crippen molar-refractivity contribution in [2.24, 2.45) is 34.5 Å². The summed E-state index contributed by atoms with van der Waals surface area (Å²) in [6, 6.07) is 17.1. The summed E-state index contributed by atoms with van der Waals surface area (Å²) in [5, 5.41) is 9.91. The minimum absolute atomic E-state index is 0.0147. The molecule has 24 heteroatoms. The number of carbonyl (C=O) groups is 10. The zero-order chi connectivity index (χ0) is 68.8. The van der Waals surface area contributed by atoms with E-state index >= 15 is 0 Å². The molecule has 1 heterocycles. The average molecular weight is 1330 g/mol. The fourth-order valence-electron chi connectivity index (χ4n) is 9.84. The Morgan fingerprint density at radius 2 is 0.872 bits per heavy atom. The molecule has 0 unspecified atom stereocenters. The molecule has 22 nitrogen and oxygen atoms in total. The monoisotopic (exact) mass is 1330 g/mol. The molecule has 1 aliphatic heterocycles. The quantitative estimate of drug-likeness (QED) is 0.0150. The molecule has 0 radical (unpaired) electrons. The second-order valence-electron chi connectivity index (χ2n) is 25.5. The van der Waals surface area contributed by atoms with Gasteiger partial charge in [0.1, 0.15) is 23.0 Å². The number of hydrogen-bond donors (Lipinski definition) is 0. The van der Waals surface area contributed by atoms with Crippen molar-refractivity contribution in [1.82, 2.24) is 0 Å². The van der Waals surface area contributed by atoms with Crippen LogP contribution in [0.1, 0.15) is 142 Å². The first-order valence-electron chi connectivity index (χ1n) is 30.9.